The highest BCUT2D eigenvalue weighted by molar-refractivity contribution is 6.02. The van der Waals surface area contributed by atoms with Crippen LogP contribution in [-0.2, 0) is 16.1 Å². The van der Waals surface area contributed by atoms with Gasteiger partial charge in [0.05, 0.1) is 25.4 Å². The molecule has 1 aliphatic rings. The Bertz CT molecular complexity index is 2050. The first-order valence-corrected chi connectivity index (χ1v) is 16.1. The summed E-state index contributed by atoms with van der Waals surface area (Å²) in [5, 5.41) is 21.2. The zero-order valence-electron chi connectivity index (χ0n) is 26.8. The maximum absolute atomic E-state index is 14.6. The molecule has 1 atom stereocenters. The van der Waals surface area contributed by atoms with Gasteiger partial charge in [0.25, 0.3) is 0 Å². The van der Waals surface area contributed by atoms with Gasteiger partial charge in [0.15, 0.2) is 0 Å². The number of methoxy groups -OCH3 is 2. The molecule has 0 unspecified atom stereocenters. The number of carbonyl (C=O) groups excluding carboxylic acids is 2. The Morgan fingerprint density at radius 3 is 2.25 bits per heavy atom. The van der Waals surface area contributed by atoms with Crippen LogP contribution in [0.3, 0.4) is 0 Å². The average molecular weight is 645 g/mol. The molecule has 0 spiro atoms. The highest BCUT2D eigenvalue weighted by Crippen LogP contribution is 2.32. The number of nitrogens with zero attached hydrogens (tertiary/aromatic N) is 7. The Kier molecular flexibility index (Phi) is 8.69. The van der Waals surface area contributed by atoms with Gasteiger partial charge in [-0.1, -0.05) is 48.7 Å². The number of amides is 2. The fraction of sp³-hybridized carbons (Fsp3) is 0.278. The van der Waals surface area contributed by atoms with Crippen molar-refractivity contribution >= 4 is 39.6 Å². The summed E-state index contributed by atoms with van der Waals surface area (Å²) in [6, 6.07) is 26.6. The fourth-order valence-corrected chi connectivity index (χ4v) is 6.29. The average Bonchev–Trinajstić information content (AvgIpc) is 3.75. The number of aromatic nitrogens is 6. The molecule has 6 aromatic rings. The molecule has 2 heterocycles. The Labute approximate surface area is 277 Å². The molecule has 4 aromatic carbocycles. The molecule has 1 aliphatic carbocycles. The minimum Gasteiger partial charge on any atom is -0.497 e. The molecule has 0 bridgehead atoms. The van der Waals surface area contributed by atoms with Crippen LogP contribution in [0.5, 0.6) is 11.5 Å². The van der Waals surface area contributed by atoms with E-state index >= 15 is 0 Å². The van der Waals surface area contributed by atoms with E-state index in [2.05, 4.69) is 20.7 Å². The van der Waals surface area contributed by atoms with Crippen LogP contribution in [0.4, 0.5) is 5.69 Å². The second-order valence-corrected chi connectivity index (χ2v) is 11.9. The maximum atomic E-state index is 14.6. The van der Waals surface area contributed by atoms with E-state index in [1.54, 1.807) is 52.9 Å². The molecule has 12 nitrogen and oxygen atoms in total. The molecule has 0 aliphatic heterocycles. The van der Waals surface area contributed by atoms with Crippen molar-refractivity contribution in [1.82, 2.24) is 35.3 Å². The zero-order chi connectivity index (χ0) is 33.0. The Morgan fingerprint density at radius 2 is 1.52 bits per heavy atom. The molecule has 2 aromatic heterocycles. The largest absolute Gasteiger partial charge is 0.497 e. The van der Waals surface area contributed by atoms with E-state index in [1.807, 2.05) is 66.7 Å². The smallest absolute Gasteiger partial charge is 0.249 e. The predicted molar refractivity (Wildman–Crippen MR) is 181 cm³/mol. The van der Waals surface area contributed by atoms with E-state index < -0.39 is 6.04 Å². The number of fused-ring (bicyclic) bond motifs is 2. The van der Waals surface area contributed by atoms with Crippen molar-refractivity contribution in [3.05, 3.63) is 96.6 Å². The third-order valence-electron chi connectivity index (χ3n) is 8.81. The molecule has 1 N–H and O–H groups in total. The van der Waals surface area contributed by atoms with Crippen molar-refractivity contribution in [2.45, 2.75) is 50.7 Å². The van der Waals surface area contributed by atoms with Crippen LogP contribution in [0, 0.1) is 0 Å². The lowest BCUT2D eigenvalue weighted by atomic mass is 9.94. The second kappa shape index (κ2) is 13.5. The summed E-state index contributed by atoms with van der Waals surface area (Å²) >= 11 is 0. The van der Waals surface area contributed by atoms with Crippen LogP contribution in [0.15, 0.2) is 91.0 Å². The topological polar surface area (TPSA) is 129 Å². The summed E-state index contributed by atoms with van der Waals surface area (Å²) in [4.78, 5) is 32.1. The summed E-state index contributed by atoms with van der Waals surface area (Å²) < 4.78 is 12.3. The molecule has 244 valence electrons. The highest BCUT2D eigenvalue weighted by Gasteiger charge is 2.35. The number of hydrogen-bond acceptors (Lipinski definition) is 8. The fourth-order valence-electron chi connectivity index (χ4n) is 6.29. The Hall–Kier alpha value is -5.78. The van der Waals surface area contributed by atoms with Gasteiger partial charge < -0.3 is 14.8 Å². The van der Waals surface area contributed by atoms with Crippen molar-refractivity contribution < 1.29 is 19.1 Å². The zero-order valence-corrected chi connectivity index (χ0v) is 26.8. The summed E-state index contributed by atoms with van der Waals surface area (Å²) in [5.74, 6) is 0.773. The van der Waals surface area contributed by atoms with Gasteiger partial charge in [-0.15, -0.1) is 15.3 Å². The van der Waals surface area contributed by atoms with E-state index in [0.717, 1.165) is 49.1 Å². The standard InChI is InChI=1S/C36H36N8O4/c1-47-28-17-12-24(13-18-28)35(36(46)37-25-8-4-3-5-9-25)43(34(45)23-42-33-11-7-6-10-31(33)38-41-42)27-16-21-30-32(22-27)40-44(39-30)26-14-19-29(48-2)20-15-26/h6-7,10-22,25,35H,3-5,8-9,23H2,1-2H3,(H,37,46)/t35-/m1/s1. The van der Waals surface area contributed by atoms with Crippen LogP contribution < -0.4 is 19.7 Å². The molecular formula is C36H36N8O4. The summed E-state index contributed by atoms with van der Waals surface area (Å²) in [6.07, 6.45) is 5.07. The quantitative estimate of drug-likeness (QED) is 0.210. The number of para-hydroxylation sites is 1. The molecule has 0 radical (unpaired) electrons. The van der Waals surface area contributed by atoms with Crippen molar-refractivity contribution in [2.24, 2.45) is 0 Å². The molecule has 1 fully saturated rings. The number of hydrogen-bond donors (Lipinski definition) is 1. The van der Waals surface area contributed by atoms with Gasteiger partial charge in [0.2, 0.25) is 11.8 Å². The highest BCUT2D eigenvalue weighted by atomic mass is 16.5. The van der Waals surface area contributed by atoms with Gasteiger partial charge in [-0.3, -0.25) is 14.5 Å². The van der Waals surface area contributed by atoms with E-state index in [1.165, 1.54) is 0 Å². The van der Waals surface area contributed by atoms with Gasteiger partial charge >= 0.3 is 0 Å². The molecule has 1 saturated carbocycles. The van der Waals surface area contributed by atoms with Crippen LogP contribution in [0.2, 0.25) is 0 Å². The van der Waals surface area contributed by atoms with Gasteiger partial charge in [-0.05, 0) is 85.1 Å². The van der Waals surface area contributed by atoms with E-state index in [0.29, 0.717) is 33.6 Å². The van der Waals surface area contributed by atoms with E-state index in [4.69, 9.17) is 14.6 Å². The number of anilines is 1. The Balaban J connectivity index is 1.32. The molecule has 7 rings (SSSR count). The van der Waals surface area contributed by atoms with Crippen molar-refractivity contribution in [3.8, 4) is 17.2 Å². The minimum atomic E-state index is -0.991. The van der Waals surface area contributed by atoms with Crippen LogP contribution >= 0.6 is 0 Å². The number of nitrogens with one attached hydrogen (secondary N) is 1. The molecule has 48 heavy (non-hydrogen) atoms. The van der Waals surface area contributed by atoms with Crippen LogP contribution in [0.25, 0.3) is 27.8 Å². The van der Waals surface area contributed by atoms with Gasteiger partial charge in [0, 0.05) is 11.7 Å². The number of benzene rings is 4. The first-order valence-electron chi connectivity index (χ1n) is 16.1. The minimum absolute atomic E-state index is 0.0371. The van der Waals surface area contributed by atoms with Crippen molar-refractivity contribution in [1.29, 1.82) is 0 Å². The maximum Gasteiger partial charge on any atom is 0.249 e. The van der Waals surface area contributed by atoms with Crippen LogP contribution in [0.1, 0.15) is 43.7 Å². The first kappa shape index (κ1) is 30.9. The van der Waals surface area contributed by atoms with Gasteiger partial charge in [-0.2, -0.15) is 4.80 Å². The lowest BCUT2D eigenvalue weighted by Gasteiger charge is -2.33. The third kappa shape index (κ3) is 6.28. The predicted octanol–water partition coefficient (Wildman–Crippen LogP) is 5.41. The lowest BCUT2D eigenvalue weighted by molar-refractivity contribution is -0.127. The normalized spacial score (nSPS) is 14.1. The monoisotopic (exact) mass is 644 g/mol. The number of rotatable bonds is 10. The Morgan fingerprint density at radius 1 is 0.833 bits per heavy atom. The van der Waals surface area contributed by atoms with Gasteiger partial charge in [0.1, 0.15) is 40.6 Å². The van der Waals surface area contributed by atoms with Crippen molar-refractivity contribution in [2.75, 3.05) is 19.1 Å². The molecule has 0 saturated heterocycles. The number of carbonyl (C=O) groups is 2. The first-order chi connectivity index (χ1) is 23.5. The molecular weight excluding hydrogens is 608 g/mol. The summed E-state index contributed by atoms with van der Waals surface area (Å²) in [6.45, 7) is -0.138. The van der Waals surface area contributed by atoms with Crippen molar-refractivity contribution in [3.63, 3.8) is 0 Å². The summed E-state index contributed by atoms with van der Waals surface area (Å²) in [5.41, 5.74) is 4.49. The second-order valence-electron chi connectivity index (χ2n) is 11.9. The lowest BCUT2D eigenvalue weighted by Crippen LogP contribution is -2.48. The van der Waals surface area contributed by atoms with E-state index in [9.17, 15) is 9.59 Å². The number of ether oxygens (including phenoxy) is 2. The molecule has 2 amide bonds. The van der Waals surface area contributed by atoms with Gasteiger partial charge in [-0.25, -0.2) is 4.68 Å². The van der Waals surface area contributed by atoms with Crippen LogP contribution in [-0.4, -0.2) is 62.1 Å². The SMILES string of the molecule is COc1ccc([C@H](C(=O)NC2CCCCC2)N(C(=O)Cn2nnc3ccccc32)c2ccc3nn(-c4ccc(OC)cc4)nc3c2)cc1. The van der Waals surface area contributed by atoms with E-state index in [-0.39, 0.29) is 24.4 Å². The third-order valence-corrected chi connectivity index (χ3v) is 8.81. The molecule has 12 heteroatoms. The summed E-state index contributed by atoms with van der Waals surface area (Å²) in [7, 11) is 3.21.